The number of hydrogen-bond acceptors (Lipinski definition) is 8. The fourth-order valence-electron chi connectivity index (χ4n) is 7.05. The van der Waals surface area contributed by atoms with E-state index >= 15 is 0 Å². The number of nitriles is 1. The fraction of sp³-hybridized carbons (Fsp3) is 0.500. The quantitative estimate of drug-likeness (QED) is 0.233. The number of nitrogens with zero attached hydrogens (tertiary/aromatic N) is 5. The van der Waals surface area contributed by atoms with Gasteiger partial charge in [0, 0.05) is 0 Å². The molecule has 2 aromatic carbocycles. The summed E-state index contributed by atoms with van der Waals surface area (Å²) in [5.41, 5.74) is 1.71. The molecule has 0 spiro atoms. The Morgan fingerprint density at radius 2 is 1.59 bits per heavy atom. The van der Waals surface area contributed by atoms with Gasteiger partial charge >= 0.3 is 277 Å². The number of hydrogen-bond donors (Lipinski definition) is 1. The molecule has 10 nitrogen and oxygen atoms in total. The summed E-state index contributed by atoms with van der Waals surface area (Å²) in [6.45, 7) is 8.54. The number of ether oxygens (including phenoxy) is 1. The van der Waals surface area contributed by atoms with Crippen LogP contribution in [0.4, 0.5) is 11.4 Å². The number of aryl methyl sites for hydroxylation is 1. The second-order valence-corrected chi connectivity index (χ2v) is 17.1. The van der Waals surface area contributed by atoms with Gasteiger partial charge in [0.1, 0.15) is 0 Å². The minimum atomic E-state index is -3.18. The van der Waals surface area contributed by atoms with Gasteiger partial charge < -0.3 is 0 Å². The average Bonchev–Trinajstić information content (AvgIpc) is 3.62. The van der Waals surface area contributed by atoms with Crippen molar-refractivity contribution in [1.82, 2.24) is 14.2 Å². The summed E-state index contributed by atoms with van der Waals surface area (Å²) in [7, 11) is 0. The number of para-hydroxylation sites is 2. The average molecular weight is 669 g/mol. The summed E-state index contributed by atoms with van der Waals surface area (Å²) in [6.07, 6.45) is 1.60. The maximum atomic E-state index is 13.0. The molecule has 0 amide bonds. The summed E-state index contributed by atoms with van der Waals surface area (Å²) in [5, 5.41) is 9.57. The van der Waals surface area contributed by atoms with Crippen molar-refractivity contribution < 1.29 is 9.26 Å². The Balaban J connectivity index is 1.54. The monoisotopic (exact) mass is 668 g/mol. The Labute approximate surface area is 276 Å². The SMILES string of the molecule is Cc1cn([C@H]2C[C@H](O[PH](Cl)(CCC#N)N(C(C)C)C(C)C)[C@@H](CC3N(c4ccccc4)CCN3c3ccccc3)O2)c(=O)[nH]c1=O. The van der Waals surface area contributed by atoms with Crippen LogP contribution >= 0.6 is 18.2 Å². The number of nitrogens with one attached hydrogen (secondary N) is 1. The third-order valence-corrected chi connectivity index (χ3v) is 13.7. The Hall–Kier alpha value is -3.19. The van der Waals surface area contributed by atoms with E-state index in [4.69, 9.17) is 20.5 Å². The molecule has 12 heteroatoms. The van der Waals surface area contributed by atoms with Crippen LogP contribution in [0.1, 0.15) is 58.7 Å². The van der Waals surface area contributed by atoms with Crippen molar-refractivity contribution in [2.45, 2.75) is 90.6 Å². The number of anilines is 2. The molecule has 0 unspecified atom stereocenters. The van der Waals surface area contributed by atoms with Gasteiger partial charge in [0.05, 0.1) is 0 Å². The van der Waals surface area contributed by atoms with Crippen molar-refractivity contribution in [3.63, 3.8) is 0 Å². The molecule has 0 bridgehead atoms. The first-order chi connectivity index (χ1) is 22.0. The molecule has 1 aromatic heterocycles. The van der Waals surface area contributed by atoms with E-state index in [0.717, 1.165) is 24.5 Å². The number of rotatable bonds is 12. The van der Waals surface area contributed by atoms with Crippen LogP contribution in [0.2, 0.25) is 0 Å². The first kappa shape index (κ1) is 34.2. The molecule has 3 aromatic rings. The van der Waals surface area contributed by atoms with Gasteiger partial charge in [-0.1, -0.05) is 0 Å². The summed E-state index contributed by atoms with van der Waals surface area (Å²) < 4.78 is 17.5. The van der Waals surface area contributed by atoms with Crippen LogP contribution in [0.3, 0.4) is 0 Å². The normalized spacial score (nSPS) is 21.1. The van der Waals surface area contributed by atoms with Crippen LogP contribution in [0, 0.1) is 18.3 Å². The van der Waals surface area contributed by atoms with Crippen molar-refractivity contribution in [3.8, 4) is 6.07 Å². The molecule has 46 heavy (non-hydrogen) atoms. The number of benzene rings is 2. The zero-order valence-corrected chi connectivity index (χ0v) is 29.1. The van der Waals surface area contributed by atoms with E-state index in [1.54, 1.807) is 13.1 Å². The predicted molar refractivity (Wildman–Crippen MR) is 187 cm³/mol. The van der Waals surface area contributed by atoms with Crippen LogP contribution in [-0.2, 0) is 9.26 Å². The predicted octanol–water partition coefficient (Wildman–Crippen LogP) is 6.03. The first-order valence-corrected chi connectivity index (χ1v) is 19.2. The summed E-state index contributed by atoms with van der Waals surface area (Å²) in [4.78, 5) is 32.5. The summed E-state index contributed by atoms with van der Waals surface area (Å²) >= 11 is 7.56. The third-order valence-electron chi connectivity index (χ3n) is 8.93. The van der Waals surface area contributed by atoms with Crippen molar-refractivity contribution in [2.24, 2.45) is 0 Å². The van der Waals surface area contributed by atoms with Crippen LogP contribution in [0.15, 0.2) is 76.4 Å². The summed E-state index contributed by atoms with van der Waals surface area (Å²) in [6, 6.07) is 23.2. The van der Waals surface area contributed by atoms with Gasteiger partial charge in [0.15, 0.2) is 0 Å². The maximum absolute atomic E-state index is 13.0. The molecular weight excluding hydrogens is 623 g/mol. The van der Waals surface area contributed by atoms with Gasteiger partial charge in [0.25, 0.3) is 0 Å². The molecule has 2 fully saturated rings. The number of aromatic nitrogens is 2. The molecule has 2 aliphatic rings. The molecule has 2 saturated heterocycles. The van der Waals surface area contributed by atoms with Gasteiger partial charge in [-0.15, -0.1) is 0 Å². The van der Waals surface area contributed by atoms with Crippen molar-refractivity contribution >= 4 is 29.6 Å². The van der Waals surface area contributed by atoms with Crippen LogP contribution in [0.25, 0.3) is 0 Å². The van der Waals surface area contributed by atoms with E-state index in [0.29, 0.717) is 24.6 Å². The Kier molecular flexibility index (Phi) is 10.9. The first-order valence-electron chi connectivity index (χ1n) is 16.2. The van der Waals surface area contributed by atoms with Gasteiger partial charge in [-0.3, -0.25) is 0 Å². The standard InChI is InChI=1S/C34H46ClN6O4P/c1-24(2)41(25(3)4)46(35,20-12-17-36)45-30-22-32(40-23-26(5)33(42)37-34(40)43)44-29(30)21-31-38(27-13-8-6-9-14-27)18-19-39(31)28-15-10-7-11-16-28/h6-11,13-16,23-25,29-32,46H,12,18-22H2,1-5H3,(H,37,42,43)/t29-,30+,32-/m1/s1. The van der Waals surface area contributed by atoms with E-state index < -0.39 is 36.7 Å². The summed E-state index contributed by atoms with van der Waals surface area (Å²) in [5.74, 6) is 0. The zero-order valence-electron chi connectivity index (χ0n) is 27.3. The fourth-order valence-corrected chi connectivity index (χ4v) is 12.0. The number of halogens is 1. The van der Waals surface area contributed by atoms with Gasteiger partial charge in [-0.05, 0) is 0 Å². The van der Waals surface area contributed by atoms with Crippen molar-refractivity contribution in [1.29, 1.82) is 5.26 Å². The van der Waals surface area contributed by atoms with Gasteiger partial charge in [-0.2, -0.15) is 0 Å². The van der Waals surface area contributed by atoms with E-state index in [2.05, 4.69) is 77.5 Å². The van der Waals surface area contributed by atoms with E-state index in [1.807, 2.05) is 36.4 Å². The van der Waals surface area contributed by atoms with Gasteiger partial charge in [-0.25, -0.2) is 0 Å². The topological polar surface area (TPSA) is 107 Å². The number of aromatic amines is 1. The molecule has 3 atom stereocenters. The molecule has 3 heterocycles. The molecule has 1 N–H and O–H groups in total. The molecular formula is C34H46ClN6O4P. The molecule has 0 radical (unpaired) electrons. The van der Waals surface area contributed by atoms with Crippen molar-refractivity contribution in [3.05, 3.63) is 93.3 Å². The Morgan fingerprint density at radius 1 is 1.02 bits per heavy atom. The van der Waals surface area contributed by atoms with Crippen LogP contribution in [0.5, 0.6) is 0 Å². The van der Waals surface area contributed by atoms with Gasteiger partial charge in [0.2, 0.25) is 0 Å². The van der Waals surface area contributed by atoms with Crippen LogP contribution in [-0.4, -0.2) is 63.9 Å². The molecule has 248 valence electrons. The second-order valence-electron chi connectivity index (χ2n) is 12.7. The second kappa shape index (κ2) is 14.7. The Bertz CT molecular complexity index is 1560. The molecule has 5 rings (SSSR count). The van der Waals surface area contributed by atoms with E-state index in [1.165, 1.54) is 4.57 Å². The third kappa shape index (κ3) is 7.35. The Morgan fingerprint density at radius 3 is 2.11 bits per heavy atom. The van der Waals surface area contributed by atoms with Crippen molar-refractivity contribution in [2.75, 3.05) is 29.1 Å². The zero-order chi connectivity index (χ0) is 33.0. The van der Waals surface area contributed by atoms with E-state index in [-0.39, 0.29) is 24.7 Å². The molecule has 2 aliphatic heterocycles. The number of H-pyrrole nitrogens is 1. The minimum absolute atomic E-state index is 0.0644. The van der Waals surface area contributed by atoms with E-state index in [9.17, 15) is 14.9 Å². The molecule has 0 aliphatic carbocycles. The molecule has 0 saturated carbocycles. The van der Waals surface area contributed by atoms with Crippen LogP contribution < -0.4 is 21.0 Å².